The van der Waals surface area contributed by atoms with Crippen LogP contribution in [0.4, 0.5) is 5.95 Å². The van der Waals surface area contributed by atoms with E-state index in [1.165, 1.54) is 23.9 Å². The molecule has 0 amide bonds. The van der Waals surface area contributed by atoms with E-state index in [1.807, 2.05) is 28.8 Å². The zero-order chi connectivity index (χ0) is 21.1. The highest BCUT2D eigenvalue weighted by atomic mass is 35.5. The van der Waals surface area contributed by atoms with Gasteiger partial charge < -0.3 is 4.90 Å². The van der Waals surface area contributed by atoms with Gasteiger partial charge in [-0.3, -0.25) is 4.57 Å². The molecule has 0 aliphatic carbocycles. The zero-order valence-electron chi connectivity index (χ0n) is 16.0. The van der Waals surface area contributed by atoms with Crippen LogP contribution in [0.1, 0.15) is 12.8 Å². The molecular formula is C20H20Cl2N4O2S2. The minimum absolute atomic E-state index is 0.0131. The van der Waals surface area contributed by atoms with E-state index in [2.05, 4.69) is 15.1 Å². The molecule has 0 N–H and O–H groups in total. The lowest BCUT2D eigenvalue weighted by atomic mass is 10.3. The van der Waals surface area contributed by atoms with Gasteiger partial charge >= 0.3 is 0 Å². The number of sulfone groups is 1. The number of thioether (sulfide) groups is 1. The Morgan fingerprint density at radius 2 is 1.70 bits per heavy atom. The number of hydrogen-bond acceptors (Lipinski definition) is 6. The van der Waals surface area contributed by atoms with E-state index in [0.29, 0.717) is 21.0 Å². The number of rotatable bonds is 7. The second kappa shape index (κ2) is 9.18. The maximum absolute atomic E-state index is 12.6. The lowest BCUT2D eigenvalue weighted by molar-refractivity contribution is 0.597. The van der Waals surface area contributed by atoms with E-state index < -0.39 is 9.84 Å². The fraction of sp³-hybridized carbons (Fsp3) is 0.300. The molecule has 0 saturated carbocycles. The molecule has 0 spiro atoms. The second-order valence-electron chi connectivity index (χ2n) is 6.91. The maximum Gasteiger partial charge on any atom is 0.232 e. The van der Waals surface area contributed by atoms with Gasteiger partial charge in [-0.1, -0.05) is 41.0 Å². The molecule has 0 radical (unpaired) electrons. The Balaban J connectivity index is 1.56. The first-order valence-electron chi connectivity index (χ1n) is 9.51. The van der Waals surface area contributed by atoms with Crippen LogP contribution in [0, 0.1) is 0 Å². The highest BCUT2D eigenvalue weighted by Crippen LogP contribution is 2.30. The molecular weight excluding hydrogens is 463 g/mol. The standard InChI is InChI=1S/C20H20Cl2N4O2S2/c21-15-6-8-18(9-7-15)30(27,28)13-12-29-20-24-23-19(25-10-1-2-11-25)26(20)17-5-3-4-16(22)14-17/h3-9,14H,1-2,10-13H2. The Bertz CT molecular complexity index is 1130. The highest BCUT2D eigenvalue weighted by Gasteiger charge is 2.23. The van der Waals surface area contributed by atoms with Crippen molar-refractivity contribution in [3.63, 3.8) is 0 Å². The van der Waals surface area contributed by atoms with Crippen molar-refractivity contribution in [2.75, 3.05) is 29.5 Å². The lowest BCUT2D eigenvalue weighted by Crippen LogP contribution is -2.22. The predicted octanol–water partition coefficient (Wildman–Crippen LogP) is 4.74. The topological polar surface area (TPSA) is 68.1 Å². The molecule has 0 bridgehead atoms. The monoisotopic (exact) mass is 482 g/mol. The van der Waals surface area contributed by atoms with E-state index in [4.69, 9.17) is 23.2 Å². The molecule has 1 aromatic heterocycles. The van der Waals surface area contributed by atoms with Crippen molar-refractivity contribution in [1.29, 1.82) is 0 Å². The Kier molecular flexibility index (Phi) is 6.57. The van der Waals surface area contributed by atoms with Crippen LogP contribution in [0.2, 0.25) is 10.0 Å². The fourth-order valence-electron chi connectivity index (χ4n) is 3.32. The third-order valence-corrected chi connectivity index (χ3v) is 8.24. The molecule has 30 heavy (non-hydrogen) atoms. The van der Waals surface area contributed by atoms with Crippen LogP contribution in [0.15, 0.2) is 58.6 Å². The third kappa shape index (κ3) is 4.77. The van der Waals surface area contributed by atoms with Crippen LogP contribution in [0.25, 0.3) is 5.69 Å². The molecule has 1 aliphatic rings. The van der Waals surface area contributed by atoms with Crippen molar-refractivity contribution >= 4 is 50.7 Å². The minimum Gasteiger partial charge on any atom is -0.341 e. The number of aromatic nitrogens is 3. The summed E-state index contributed by atoms with van der Waals surface area (Å²) in [5.74, 6) is 1.10. The van der Waals surface area contributed by atoms with Gasteiger partial charge in [-0.05, 0) is 55.3 Å². The maximum atomic E-state index is 12.6. The van der Waals surface area contributed by atoms with Crippen molar-refractivity contribution in [3.05, 3.63) is 58.6 Å². The molecule has 1 aliphatic heterocycles. The molecule has 10 heteroatoms. The summed E-state index contributed by atoms with van der Waals surface area (Å²) in [6, 6.07) is 13.7. The largest absolute Gasteiger partial charge is 0.341 e. The summed E-state index contributed by atoms with van der Waals surface area (Å²) in [4.78, 5) is 2.46. The number of benzene rings is 2. The van der Waals surface area contributed by atoms with Gasteiger partial charge in [0.2, 0.25) is 5.95 Å². The van der Waals surface area contributed by atoms with Crippen molar-refractivity contribution in [3.8, 4) is 5.69 Å². The predicted molar refractivity (Wildman–Crippen MR) is 122 cm³/mol. The average molecular weight is 483 g/mol. The third-order valence-electron chi connectivity index (χ3n) is 4.83. The van der Waals surface area contributed by atoms with Gasteiger partial charge in [-0.2, -0.15) is 0 Å². The molecule has 4 rings (SSSR count). The van der Waals surface area contributed by atoms with Gasteiger partial charge in [0.1, 0.15) is 0 Å². The SMILES string of the molecule is O=S(=O)(CCSc1nnc(N2CCCC2)n1-c1cccc(Cl)c1)c1ccc(Cl)cc1. The van der Waals surface area contributed by atoms with Gasteiger partial charge in [-0.25, -0.2) is 8.42 Å². The van der Waals surface area contributed by atoms with Crippen molar-refractivity contribution in [1.82, 2.24) is 14.8 Å². The molecule has 6 nitrogen and oxygen atoms in total. The first-order valence-corrected chi connectivity index (χ1v) is 12.9. The van der Waals surface area contributed by atoms with Crippen LogP contribution in [-0.4, -0.2) is 47.8 Å². The van der Waals surface area contributed by atoms with E-state index in [9.17, 15) is 8.42 Å². The summed E-state index contributed by atoms with van der Waals surface area (Å²) < 4.78 is 27.2. The fourth-order valence-corrected chi connectivity index (χ4v) is 6.23. The second-order valence-corrected chi connectivity index (χ2v) is 11.0. The van der Waals surface area contributed by atoms with Crippen LogP contribution < -0.4 is 4.90 Å². The number of hydrogen-bond donors (Lipinski definition) is 0. The lowest BCUT2D eigenvalue weighted by Gasteiger charge is -2.18. The summed E-state index contributed by atoms with van der Waals surface area (Å²) in [7, 11) is -3.41. The van der Waals surface area contributed by atoms with Gasteiger partial charge in [-0.15, -0.1) is 10.2 Å². The number of halogens is 2. The van der Waals surface area contributed by atoms with Crippen LogP contribution >= 0.6 is 35.0 Å². The van der Waals surface area contributed by atoms with Gasteiger partial charge in [0, 0.05) is 28.9 Å². The first kappa shape index (κ1) is 21.5. The molecule has 2 heterocycles. The van der Waals surface area contributed by atoms with E-state index in [0.717, 1.165) is 37.6 Å². The molecule has 0 atom stereocenters. The number of nitrogens with zero attached hydrogens (tertiary/aromatic N) is 4. The average Bonchev–Trinajstić information content (AvgIpc) is 3.38. The van der Waals surface area contributed by atoms with Crippen molar-refractivity contribution in [2.45, 2.75) is 22.9 Å². The summed E-state index contributed by atoms with van der Waals surface area (Å²) in [5, 5.41) is 10.5. The smallest absolute Gasteiger partial charge is 0.232 e. The highest BCUT2D eigenvalue weighted by molar-refractivity contribution is 8.00. The van der Waals surface area contributed by atoms with Gasteiger partial charge in [0.15, 0.2) is 15.0 Å². The van der Waals surface area contributed by atoms with Crippen molar-refractivity contribution in [2.24, 2.45) is 0 Å². The van der Waals surface area contributed by atoms with E-state index in [-0.39, 0.29) is 10.6 Å². The van der Waals surface area contributed by atoms with Crippen LogP contribution in [0.5, 0.6) is 0 Å². The van der Waals surface area contributed by atoms with Crippen LogP contribution in [-0.2, 0) is 9.84 Å². The molecule has 158 valence electrons. The molecule has 2 aromatic carbocycles. The number of anilines is 1. The molecule has 0 unspecified atom stereocenters. The zero-order valence-corrected chi connectivity index (χ0v) is 19.2. The normalized spacial score (nSPS) is 14.4. The first-order chi connectivity index (χ1) is 14.4. The summed E-state index contributed by atoms with van der Waals surface area (Å²) in [6.07, 6.45) is 2.23. The Hall–Kier alpha value is -1.74. The van der Waals surface area contributed by atoms with Crippen molar-refractivity contribution < 1.29 is 8.42 Å². The minimum atomic E-state index is -3.41. The summed E-state index contributed by atoms with van der Waals surface area (Å²) >= 11 is 13.4. The summed E-state index contributed by atoms with van der Waals surface area (Å²) in [5.41, 5.74) is 0.859. The quantitative estimate of drug-likeness (QED) is 0.453. The van der Waals surface area contributed by atoms with Gasteiger partial charge in [0.05, 0.1) is 16.3 Å². The van der Waals surface area contributed by atoms with E-state index >= 15 is 0 Å². The Morgan fingerprint density at radius 3 is 2.40 bits per heavy atom. The molecule has 1 fully saturated rings. The van der Waals surface area contributed by atoms with E-state index in [1.54, 1.807) is 12.1 Å². The summed E-state index contributed by atoms with van der Waals surface area (Å²) in [6.45, 7) is 1.85. The van der Waals surface area contributed by atoms with Gasteiger partial charge in [0.25, 0.3) is 0 Å². The Labute approximate surface area is 190 Å². The van der Waals surface area contributed by atoms with Crippen LogP contribution in [0.3, 0.4) is 0 Å². The molecule has 1 saturated heterocycles. The Morgan fingerprint density at radius 1 is 0.967 bits per heavy atom. The molecule has 3 aromatic rings.